The molecule has 3 heterocycles. The zero-order chi connectivity index (χ0) is 21.3. The van der Waals surface area contributed by atoms with Crippen molar-refractivity contribution < 1.29 is 27.5 Å². The van der Waals surface area contributed by atoms with Gasteiger partial charge in [-0.05, 0) is 38.0 Å². The summed E-state index contributed by atoms with van der Waals surface area (Å²) in [5.41, 5.74) is 1.17. The van der Waals surface area contributed by atoms with Crippen LogP contribution in [0.4, 0.5) is 8.78 Å². The standard InChI is InChI=1S/C21H21F2N3O4/c1-13(18-24-16-4-2-3-5-17(16)26(18)21(22)23)30-20(28)14-6-9-25(10-7-14)19(27)15-8-11-29-12-15/h2-5,8,11-14,21H,6-7,9-10H2,1H3. The summed E-state index contributed by atoms with van der Waals surface area (Å²) in [6, 6.07) is 8.16. The zero-order valence-electron chi connectivity index (χ0n) is 16.3. The zero-order valence-corrected chi connectivity index (χ0v) is 16.3. The first-order valence-corrected chi connectivity index (χ1v) is 9.72. The average Bonchev–Trinajstić information content (AvgIpc) is 3.41. The molecule has 0 bridgehead atoms. The van der Waals surface area contributed by atoms with Gasteiger partial charge in [-0.3, -0.25) is 14.2 Å². The van der Waals surface area contributed by atoms with Gasteiger partial charge in [0.05, 0.1) is 28.8 Å². The molecule has 1 amide bonds. The van der Waals surface area contributed by atoms with Gasteiger partial charge in [0.25, 0.3) is 5.91 Å². The Balaban J connectivity index is 1.41. The van der Waals surface area contributed by atoms with Crippen LogP contribution in [0.1, 0.15) is 48.6 Å². The molecule has 3 aromatic rings. The molecule has 1 aliphatic rings. The van der Waals surface area contributed by atoms with Crippen LogP contribution in [-0.2, 0) is 9.53 Å². The number of furan rings is 1. The second kappa shape index (κ2) is 8.25. The van der Waals surface area contributed by atoms with Crippen molar-refractivity contribution in [3.05, 3.63) is 54.2 Å². The number of nitrogens with zero attached hydrogens (tertiary/aromatic N) is 3. The molecule has 4 rings (SSSR count). The van der Waals surface area contributed by atoms with Gasteiger partial charge in [0, 0.05) is 13.1 Å². The number of likely N-dealkylation sites (tertiary alicyclic amines) is 1. The summed E-state index contributed by atoms with van der Waals surface area (Å²) < 4.78 is 38.5. The Kier molecular flexibility index (Phi) is 5.52. The van der Waals surface area contributed by atoms with Crippen LogP contribution in [0, 0.1) is 5.92 Å². The van der Waals surface area contributed by atoms with Crippen LogP contribution in [-0.4, -0.2) is 39.4 Å². The summed E-state index contributed by atoms with van der Waals surface area (Å²) >= 11 is 0. The minimum atomic E-state index is -2.80. The molecule has 1 fully saturated rings. The second-order valence-corrected chi connectivity index (χ2v) is 7.26. The number of fused-ring (bicyclic) bond motifs is 1. The van der Waals surface area contributed by atoms with E-state index in [4.69, 9.17) is 9.15 Å². The molecule has 0 radical (unpaired) electrons. The Bertz CT molecular complexity index is 1040. The Morgan fingerprint density at radius 3 is 2.60 bits per heavy atom. The topological polar surface area (TPSA) is 77.6 Å². The number of rotatable bonds is 5. The van der Waals surface area contributed by atoms with Crippen LogP contribution in [0.3, 0.4) is 0 Å². The third-order valence-corrected chi connectivity index (χ3v) is 5.36. The van der Waals surface area contributed by atoms with Gasteiger partial charge in [-0.15, -0.1) is 0 Å². The molecule has 0 saturated carbocycles. The first kappa shape index (κ1) is 20.1. The molecule has 158 valence electrons. The van der Waals surface area contributed by atoms with E-state index in [1.54, 1.807) is 35.2 Å². The third-order valence-electron chi connectivity index (χ3n) is 5.36. The van der Waals surface area contributed by atoms with E-state index in [1.165, 1.54) is 19.5 Å². The molecule has 0 aliphatic carbocycles. The second-order valence-electron chi connectivity index (χ2n) is 7.26. The number of esters is 1. The molecular weight excluding hydrogens is 396 g/mol. The number of aromatic nitrogens is 2. The van der Waals surface area contributed by atoms with Gasteiger partial charge < -0.3 is 14.1 Å². The lowest BCUT2D eigenvalue weighted by Gasteiger charge is -2.31. The fourth-order valence-corrected chi connectivity index (χ4v) is 3.77. The Morgan fingerprint density at radius 2 is 1.93 bits per heavy atom. The van der Waals surface area contributed by atoms with Crippen molar-refractivity contribution in [1.82, 2.24) is 14.5 Å². The van der Waals surface area contributed by atoms with Gasteiger partial charge in [-0.2, -0.15) is 8.78 Å². The van der Waals surface area contributed by atoms with Crippen molar-refractivity contribution in [3.8, 4) is 0 Å². The number of amides is 1. The van der Waals surface area contributed by atoms with Gasteiger partial charge in [-0.1, -0.05) is 12.1 Å². The number of alkyl halides is 2. The maximum absolute atomic E-state index is 13.6. The molecule has 1 aromatic carbocycles. The van der Waals surface area contributed by atoms with Crippen molar-refractivity contribution in [2.45, 2.75) is 32.4 Å². The van der Waals surface area contributed by atoms with E-state index in [-0.39, 0.29) is 17.2 Å². The van der Waals surface area contributed by atoms with Crippen LogP contribution in [0.5, 0.6) is 0 Å². The minimum absolute atomic E-state index is 0.00659. The van der Waals surface area contributed by atoms with Gasteiger partial charge in [0.15, 0.2) is 11.9 Å². The lowest BCUT2D eigenvalue weighted by Crippen LogP contribution is -2.40. The lowest BCUT2D eigenvalue weighted by atomic mass is 9.96. The normalized spacial score (nSPS) is 16.2. The Labute approximate surface area is 171 Å². The number of carbonyl (C=O) groups is 2. The molecule has 9 heteroatoms. The van der Waals surface area contributed by atoms with E-state index in [0.717, 1.165) is 4.57 Å². The van der Waals surface area contributed by atoms with E-state index in [2.05, 4.69) is 4.98 Å². The predicted octanol–water partition coefficient (Wildman–Crippen LogP) is 4.18. The fraction of sp³-hybridized carbons (Fsp3) is 0.381. The summed E-state index contributed by atoms with van der Waals surface area (Å²) in [6.07, 6.45) is 2.79. The number of hydrogen-bond donors (Lipinski definition) is 0. The molecule has 0 N–H and O–H groups in total. The summed E-state index contributed by atoms with van der Waals surface area (Å²) in [6.45, 7) is -0.442. The van der Waals surface area contributed by atoms with Crippen molar-refractivity contribution in [1.29, 1.82) is 0 Å². The highest BCUT2D eigenvalue weighted by atomic mass is 19.3. The van der Waals surface area contributed by atoms with Crippen molar-refractivity contribution >= 4 is 22.9 Å². The summed E-state index contributed by atoms with van der Waals surface area (Å²) in [7, 11) is 0. The third kappa shape index (κ3) is 3.79. The number of piperidine rings is 1. The molecule has 2 aromatic heterocycles. The van der Waals surface area contributed by atoms with Crippen LogP contribution >= 0.6 is 0 Å². The quantitative estimate of drug-likeness (QED) is 0.582. The number of hydrogen-bond acceptors (Lipinski definition) is 5. The number of benzene rings is 1. The Hall–Kier alpha value is -3.23. The molecule has 1 saturated heterocycles. The van der Waals surface area contributed by atoms with Crippen LogP contribution in [0.2, 0.25) is 0 Å². The van der Waals surface area contributed by atoms with Gasteiger partial charge in [0.2, 0.25) is 0 Å². The molecule has 1 unspecified atom stereocenters. The van der Waals surface area contributed by atoms with Gasteiger partial charge in [0.1, 0.15) is 6.26 Å². The van der Waals surface area contributed by atoms with E-state index in [0.29, 0.717) is 37.0 Å². The maximum Gasteiger partial charge on any atom is 0.320 e. The largest absolute Gasteiger partial charge is 0.472 e. The molecule has 0 spiro atoms. The number of ether oxygens (including phenoxy) is 1. The predicted molar refractivity (Wildman–Crippen MR) is 103 cm³/mol. The average molecular weight is 417 g/mol. The van der Waals surface area contributed by atoms with E-state index in [9.17, 15) is 18.4 Å². The highest BCUT2D eigenvalue weighted by Crippen LogP contribution is 2.29. The first-order valence-electron chi connectivity index (χ1n) is 9.72. The molecule has 7 nitrogen and oxygen atoms in total. The lowest BCUT2D eigenvalue weighted by molar-refractivity contribution is -0.155. The molecule has 1 aliphatic heterocycles. The summed E-state index contributed by atoms with van der Waals surface area (Å²) in [4.78, 5) is 30.9. The Morgan fingerprint density at radius 1 is 1.20 bits per heavy atom. The van der Waals surface area contributed by atoms with Crippen LogP contribution < -0.4 is 0 Å². The molecule has 30 heavy (non-hydrogen) atoms. The summed E-state index contributed by atoms with van der Waals surface area (Å²) in [5.74, 6) is -1.00. The minimum Gasteiger partial charge on any atom is -0.472 e. The highest BCUT2D eigenvalue weighted by Gasteiger charge is 2.31. The monoisotopic (exact) mass is 417 g/mol. The summed E-state index contributed by atoms with van der Waals surface area (Å²) in [5, 5.41) is 0. The number of halogens is 2. The van der Waals surface area contributed by atoms with Crippen LogP contribution in [0.15, 0.2) is 47.3 Å². The first-order chi connectivity index (χ1) is 14.5. The number of imidazole rings is 1. The van der Waals surface area contributed by atoms with Crippen molar-refractivity contribution in [2.75, 3.05) is 13.1 Å². The van der Waals surface area contributed by atoms with Crippen molar-refractivity contribution in [2.24, 2.45) is 5.92 Å². The van der Waals surface area contributed by atoms with Gasteiger partial charge in [-0.25, -0.2) is 4.98 Å². The van der Waals surface area contributed by atoms with E-state index < -0.39 is 24.5 Å². The SMILES string of the molecule is CC(OC(=O)C1CCN(C(=O)c2ccoc2)CC1)c1nc2ccccc2n1C(F)F. The maximum atomic E-state index is 13.6. The number of carbonyl (C=O) groups excluding carboxylic acids is 2. The number of para-hydroxylation sites is 2. The highest BCUT2D eigenvalue weighted by molar-refractivity contribution is 5.94. The smallest absolute Gasteiger partial charge is 0.320 e. The van der Waals surface area contributed by atoms with Crippen LogP contribution in [0.25, 0.3) is 11.0 Å². The molecular formula is C21H21F2N3O4. The molecule has 1 atom stereocenters. The van der Waals surface area contributed by atoms with E-state index >= 15 is 0 Å². The van der Waals surface area contributed by atoms with Crippen molar-refractivity contribution in [3.63, 3.8) is 0 Å². The van der Waals surface area contributed by atoms with Gasteiger partial charge >= 0.3 is 12.5 Å². The van der Waals surface area contributed by atoms with E-state index in [1.807, 2.05) is 0 Å². The fourth-order valence-electron chi connectivity index (χ4n) is 3.77.